The summed E-state index contributed by atoms with van der Waals surface area (Å²) in [4.78, 5) is 4.85. The minimum Gasteiger partial charge on any atom is -0.366 e. The summed E-state index contributed by atoms with van der Waals surface area (Å²) in [7, 11) is 0. The molecule has 0 bridgehead atoms. The SMILES string of the molecule is [C-]#Cc1cc(-c2cccs2)sc1-c1cccs1.[Li+]. The zero-order valence-corrected chi connectivity index (χ0v) is 12.2. The Kier molecular flexibility index (Phi) is 4.51. The van der Waals surface area contributed by atoms with Gasteiger partial charge in [-0.05, 0) is 27.8 Å². The first kappa shape index (κ1) is 13.7. The summed E-state index contributed by atoms with van der Waals surface area (Å²) in [6.45, 7) is 0. The van der Waals surface area contributed by atoms with Crippen molar-refractivity contribution in [1.29, 1.82) is 0 Å². The molecule has 0 aliphatic carbocycles. The second kappa shape index (κ2) is 5.93. The van der Waals surface area contributed by atoms with Crippen molar-refractivity contribution in [3.05, 3.63) is 53.1 Å². The van der Waals surface area contributed by atoms with Gasteiger partial charge in [-0.15, -0.1) is 34.3 Å². The van der Waals surface area contributed by atoms with Gasteiger partial charge in [-0.1, -0.05) is 12.1 Å². The first-order chi connectivity index (χ1) is 8.38. The van der Waals surface area contributed by atoms with Gasteiger partial charge < -0.3 is 6.42 Å². The van der Waals surface area contributed by atoms with Crippen LogP contribution in [0.4, 0.5) is 0 Å². The van der Waals surface area contributed by atoms with E-state index in [1.807, 2.05) is 6.07 Å². The van der Waals surface area contributed by atoms with Crippen molar-refractivity contribution in [2.24, 2.45) is 0 Å². The molecular weight excluding hydrogens is 271 g/mol. The molecule has 0 radical (unpaired) electrons. The number of hydrogen-bond donors (Lipinski definition) is 0. The molecule has 3 aromatic rings. The Hall–Kier alpha value is -0.743. The molecule has 0 spiro atoms. The summed E-state index contributed by atoms with van der Waals surface area (Å²) in [5.41, 5.74) is 0.890. The van der Waals surface area contributed by atoms with Crippen LogP contribution in [-0.2, 0) is 0 Å². The second-order valence-corrected chi connectivity index (χ2v) is 6.38. The van der Waals surface area contributed by atoms with Gasteiger partial charge in [-0.2, -0.15) is 11.3 Å². The van der Waals surface area contributed by atoms with Gasteiger partial charge in [-0.25, -0.2) is 0 Å². The van der Waals surface area contributed by atoms with E-state index < -0.39 is 0 Å². The summed E-state index contributed by atoms with van der Waals surface area (Å²) in [6.07, 6.45) is 7.39. The number of thiophene rings is 3. The molecule has 0 aliphatic rings. The Bertz CT molecular complexity index is 655. The van der Waals surface area contributed by atoms with E-state index in [-0.39, 0.29) is 18.9 Å². The largest absolute Gasteiger partial charge is 1.00 e. The molecule has 0 nitrogen and oxygen atoms in total. The molecule has 0 unspecified atom stereocenters. The predicted octanol–water partition coefficient (Wildman–Crippen LogP) is 2.15. The Morgan fingerprint density at radius 3 is 2.17 bits per heavy atom. The fraction of sp³-hybridized carbons (Fsp3) is 0. The van der Waals surface area contributed by atoms with Crippen molar-refractivity contribution in [2.75, 3.05) is 0 Å². The van der Waals surface area contributed by atoms with E-state index in [9.17, 15) is 0 Å². The fourth-order valence-corrected chi connectivity index (χ4v) is 4.42. The molecule has 3 heterocycles. The molecule has 4 heteroatoms. The summed E-state index contributed by atoms with van der Waals surface area (Å²) in [5, 5.41) is 4.14. The Morgan fingerprint density at radius 1 is 0.944 bits per heavy atom. The minimum absolute atomic E-state index is 0. The molecule has 0 saturated carbocycles. The van der Waals surface area contributed by atoms with Crippen LogP contribution in [-0.4, -0.2) is 0 Å². The predicted molar refractivity (Wildman–Crippen MR) is 77.2 cm³/mol. The molecule has 0 amide bonds. The normalized spacial score (nSPS) is 9.72. The molecule has 3 rings (SSSR count). The Morgan fingerprint density at radius 2 is 1.61 bits per heavy atom. The number of hydrogen-bond acceptors (Lipinski definition) is 3. The van der Waals surface area contributed by atoms with Gasteiger partial charge in [0.1, 0.15) is 0 Å². The third-order valence-corrected chi connectivity index (χ3v) is 5.63. The Labute approximate surface area is 130 Å². The van der Waals surface area contributed by atoms with Gasteiger partial charge in [0.05, 0.1) is 0 Å². The first-order valence-electron chi connectivity index (χ1n) is 5.03. The van der Waals surface area contributed by atoms with Gasteiger partial charge in [0.15, 0.2) is 0 Å². The standard InChI is InChI=1S/C14H7S3.Li/c1-2-10-9-13(11-5-3-7-15-11)17-14(10)12-6-4-8-16-12;/h3-9H;/q-1;+1. The summed E-state index contributed by atoms with van der Waals surface area (Å²) >= 11 is 5.18. The smallest absolute Gasteiger partial charge is 0.366 e. The zero-order chi connectivity index (χ0) is 11.7. The number of rotatable bonds is 2. The molecule has 0 aliphatic heterocycles. The van der Waals surface area contributed by atoms with E-state index in [4.69, 9.17) is 6.42 Å². The third kappa shape index (κ3) is 2.49. The minimum atomic E-state index is 0. The fourth-order valence-electron chi connectivity index (χ4n) is 1.61. The van der Waals surface area contributed by atoms with Gasteiger partial charge in [-0.3, -0.25) is 5.92 Å². The van der Waals surface area contributed by atoms with E-state index in [0.29, 0.717) is 0 Å². The maximum absolute atomic E-state index is 7.39. The zero-order valence-electron chi connectivity index (χ0n) is 9.77. The van der Waals surface area contributed by atoms with Crippen LogP contribution in [0.1, 0.15) is 5.56 Å². The van der Waals surface area contributed by atoms with E-state index in [2.05, 4.69) is 40.9 Å². The van der Waals surface area contributed by atoms with Crippen molar-refractivity contribution in [2.45, 2.75) is 0 Å². The van der Waals surface area contributed by atoms with Crippen LogP contribution in [0.5, 0.6) is 0 Å². The van der Waals surface area contributed by atoms with Gasteiger partial charge >= 0.3 is 18.9 Å². The average molecular weight is 278 g/mol. The van der Waals surface area contributed by atoms with Crippen LogP contribution in [0.2, 0.25) is 0 Å². The molecular formula is C14H7LiS3. The first-order valence-corrected chi connectivity index (χ1v) is 7.60. The summed E-state index contributed by atoms with van der Waals surface area (Å²) in [5.74, 6) is 2.54. The summed E-state index contributed by atoms with van der Waals surface area (Å²) < 4.78 is 0. The monoisotopic (exact) mass is 278 g/mol. The maximum Gasteiger partial charge on any atom is 1.00 e. The van der Waals surface area contributed by atoms with Crippen molar-refractivity contribution < 1.29 is 18.9 Å². The molecule has 82 valence electrons. The van der Waals surface area contributed by atoms with Crippen LogP contribution in [0.3, 0.4) is 0 Å². The van der Waals surface area contributed by atoms with Crippen molar-refractivity contribution in [3.63, 3.8) is 0 Å². The van der Waals surface area contributed by atoms with Crippen LogP contribution in [0.25, 0.3) is 19.5 Å². The summed E-state index contributed by atoms with van der Waals surface area (Å²) in [6, 6.07) is 10.4. The van der Waals surface area contributed by atoms with Gasteiger partial charge in [0, 0.05) is 14.6 Å². The third-order valence-electron chi connectivity index (χ3n) is 2.38. The average Bonchev–Trinajstić information content (AvgIpc) is 3.09. The molecule has 0 atom stereocenters. The van der Waals surface area contributed by atoms with Crippen molar-refractivity contribution in [3.8, 4) is 25.4 Å². The molecule has 0 saturated heterocycles. The van der Waals surface area contributed by atoms with Crippen LogP contribution in [0.15, 0.2) is 41.1 Å². The van der Waals surface area contributed by atoms with Crippen molar-refractivity contribution >= 4 is 34.0 Å². The van der Waals surface area contributed by atoms with Crippen LogP contribution < -0.4 is 18.9 Å². The second-order valence-electron chi connectivity index (χ2n) is 3.43. The van der Waals surface area contributed by atoms with E-state index >= 15 is 0 Å². The van der Waals surface area contributed by atoms with Crippen molar-refractivity contribution in [1.82, 2.24) is 0 Å². The molecule has 0 N–H and O–H groups in total. The van der Waals surface area contributed by atoms with E-state index in [1.165, 1.54) is 14.6 Å². The van der Waals surface area contributed by atoms with Gasteiger partial charge in [0.25, 0.3) is 0 Å². The molecule has 18 heavy (non-hydrogen) atoms. The molecule has 0 fully saturated rings. The molecule has 3 aromatic heterocycles. The van der Waals surface area contributed by atoms with Gasteiger partial charge in [0.2, 0.25) is 0 Å². The quantitative estimate of drug-likeness (QED) is 0.383. The molecule has 0 aromatic carbocycles. The van der Waals surface area contributed by atoms with E-state index in [0.717, 1.165) is 10.4 Å². The van der Waals surface area contributed by atoms with Crippen LogP contribution in [0, 0.1) is 12.3 Å². The Balaban J connectivity index is 0.00000120. The van der Waals surface area contributed by atoms with Crippen LogP contribution >= 0.6 is 34.0 Å². The van der Waals surface area contributed by atoms with E-state index in [1.54, 1.807) is 34.0 Å². The topological polar surface area (TPSA) is 0 Å². The maximum atomic E-state index is 7.39.